The summed E-state index contributed by atoms with van der Waals surface area (Å²) in [7, 11) is 2.93. The first-order valence-corrected chi connectivity index (χ1v) is 11.3. The maximum Gasteiger partial charge on any atom is 0.163 e. The molecule has 1 N–H and O–H groups in total. The summed E-state index contributed by atoms with van der Waals surface area (Å²) >= 11 is 0. The summed E-state index contributed by atoms with van der Waals surface area (Å²) < 4.78 is 42.2. The number of hydrogen-bond donors (Lipinski definition) is 1. The fourth-order valence-electron chi connectivity index (χ4n) is 3.74. The van der Waals surface area contributed by atoms with Gasteiger partial charge in [-0.1, -0.05) is 12.7 Å². The topological polar surface area (TPSA) is 77.9 Å². The molecule has 190 valence electrons. The number of methoxy groups -OCH3 is 2. The SMILES string of the molecule is C=CC(O)(CCC(=O)c1ccc(OCCF)c(OC)c1)c1ccc(OC)c(-c2ccc(F)c(C)c2)n1. The molecule has 0 saturated carbocycles. The van der Waals surface area contributed by atoms with Gasteiger partial charge in [-0.2, -0.15) is 0 Å². The summed E-state index contributed by atoms with van der Waals surface area (Å²) in [6.07, 6.45) is 1.33. The minimum Gasteiger partial charge on any atom is -0.494 e. The molecule has 0 aliphatic rings. The van der Waals surface area contributed by atoms with Crippen LogP contribution in [0.2, 0.25) is 0 Å². The smallest absolute Gasteiger partial charge is 0.163 e. The summed E-state index contributed by atoms with van der Waals surface area (Å²) in [5, 5.41) is 11.3. The summed E-state index contributed by atoms with van der Waals surface area (Å²) in [5.41, 5.74) is 0.519. The molecule has 1 heterocycles. The Morgan fingerprint density at radius 2 is 1.81 bits per heavy atom. The summed E-state index contributed by atoms with van der Waals surface area (Å²) in [6, 6.07) is 12.5. The van der Waals surface area contributed by atoms with Gasteiger partial charge in [0, 0.05) is 17.5 Å². The summed E-state index contributed by atoms with van der Waals surface area (Å²) in [5.74, 6) is 0.515. The van der Waals surface area contributed by atoms with E-state index < -0.39 is 12.3 Å². The molecule has 0 fully saturated rings. The van der Waals surface area contributed by atoms with E-state index in [9.17, 15) is 18.7 Å². The van der Waals surface area contributed by atoms with Crippen LogP contribution in [0.25, 0.3) is 11.3 Å². The first-order chi connectivity index (χ1) is 17.3. The largest absolute Gasteiger partial charge is 0.494 e. The molecule has 0 spiro atoms. The third kappa shape index (κ3) is 5.88. The highest BCUT2D eigenvalue weighted by Crippen LogP contribution is 2.35. The first kappa shape index (κ1) is 26.8. The number of ether oxygens (including phenoxy) is 3. The van der Waals surface area contributed by atoms with Crippen LogP contribution < -0.4 is 14.2 Å². The van der Waals surface area contributed by atoms with Crippen LogP contribution in [0, 0.1) is 12.7 Å². The van der Waals surface area contributed by atoms with Crippen molar-refractivity contribution in [1.29, 1.82) is 0 Å². The first-order valence-electron chi connectivity index (χ1n) is 11.3. The number of ketones is 1. The number of hydrogen-bond acceptors (Lipinski definition) is 6. The van der Waals surface area contributed by atoms with Crippen LogP contribution in [0.4, 0.5) is 8.78 Å². The molecule has 1 unspecified atom stereocenters. The van der Waals surface area contributed by atoms with Crippen molar-refractivity contribution in [2.75, 3.05) is 27.5 Å². The lowest BCUT2D eigenvalue weighted by molar-refractivity contribution is 0.0665. The van der Waals surface area contributed by atoms with Gasteiger partial charge in [0.1, 0.15) is 36.1 Å². The van der Waals surface area contributed by atoms with Crippen molar-refractivity contribution in [3.05, 3.63) is 83.8 Å². The van der Waals surface area contributed by atoms with E-state index in [1.54, 1.807) is 43.3 Å². The molecular weight excluding hydrogens is 468 g/mol. The maximum atomic E-state index is 13.8. The number of Topliss-reactive ketones (excluding diaryl/α,β-unsaturated/α-hetero) is 1. The second kappa shape index (κ2) is 11.8. The number of aliphatic hydroxyl groups is 1. The van der Waals surface area contributed by atoms with E-state index >= 15 is 0 Å². The molecule has 36 heavy (non-hydrogen) atoms. The van der Waals surface area contributed by atoms with Crippen LogP contribution in [-0.2, 0) is 5.60 Å². The molecular formula is C28H29F2NO5. The van der Waals surface area contributed by atoms with E-state index in [2.05, 4.69) is 11.6 Å². The Labute approximate surface area is 209 Å². The van der Waals surface area contributed by atoms with E-state index in [0.717, 1.165) is 0 Å². The van der Waals surface area contributed by atoms with Crippen LogP contribution in [0.5, 0.6) is 17.2 Å². The van der Waals surface area contributed by atoms with Crippen molar-refractivity contribution < 1.29 is 32.9 Å². The van der Waals surface area contributed by atoms with Gasteiger partial charge in [0.15, 0.2) is 17.3 Å². The Kier molecular flexibility index (Phi) is 8.77. The predicted molar refractivity (Wildman–Crippen MR) is 133 cm³/mol. The zero-order valence-corrected chi connectivity index (χ0v) is 20.5. The number of alkyl halides is 1. The number of rotatable bonds is 12. The minimum atomic E-state index is -1.61. The lowest BCUT2D eigenvalue weighted by atomic mass is 9.90. The monoisotopic (exact) mass is 497 g/mol. The Morgan fingerprint density at radius 3 is 2.44 bits per heavy atom. The van der Waals surface area contributed by atoms with Gasteiger partial charge in [0.25, 0.3) is 0 Å². The predicted octanol–water partition coefficient (Wildman–Crippen LogP) is 5.60. The number of nitrogens with zero attached hydrogens (tertiary/aromatic N) is 1. The van der Waals surface area contributed by atoms with Crippen molar-refractivity contribution in [2.24, 2.45) is 0 Å². The fourth-order valence-corrected chi connectivity index (χ4v) is 3.74. The van der Waals surface area contributed by atoms with Gasteiger partial charge in [-0.25, -0.2) is 13.8 Å². The van der Waals surface area contributed by atoms with Crippen molar-refractivity contribution in [2.45, 2.75) is 25.4 Å². The van der Waals surface area contributed by atoms with Gasteiger partial charge in [-0.3, -0.25) is 4.79 Å². The van der Waals surface area contributed by atoms with Crippen molar-refractivity contribution in [1.82, 2.24) is 4.98 Å². The zero-order valence-electron chi connectivity index (χ0n) is 20.5. The maximum absolute atomic E-state index is 13.8. The van der Waals surface area contributed by atoms with E-state index in [4.69, 9.17) is 14.2 Å². The molecule has 8 heteroatoms. The number of halogens is 2. The average Bonchev–Trinajstić information content (AvgIpc) is 2.91. The van der Waals surface area contributed by atoms with Crippen LogP contribution in [0.3, 0.4) is 0 Å². The number of aryl methyl sites for hydroxylation is 1. The van der Waals surface area contributed by atoms with E-state index in [1.165, 1.54) is 32.4 Å². The van der Waals surface area contributed by atoms with Gasteiger partial charge < -0.3 is 19.3 Å². The Morgan fingerprint density at radius 1 is 1.08 bits per heavy atom. The molecule has 0 radical (unpaired) electrons. The molecule has 0 amide bonds. The third-order valence-electron chi connectivity index (χ3n) is 5.84. The lowest BCUT2D eigenvalue weighted by Gasteiger charge is -2.25. The average molecular weight is 498 g/mol. The van der Waals surface area contributed by atoms with Crippen LogP contribution in [0.15, 0.2) is 61.2 Å². The van der Waals surface area contributed by atoms with Crippen LogP contribution in [0.1, 0.15) is 34.5 Å². The zero-order chi connectivity index (χ0) is 26.3. The van der Waals surface area contributed by atoms with Gasteiger partial charge in [-0.15, -0.1) is 0 Å². The number of carbonyl (C=O) groups is 1. The Hall–Kier alpha value is -3.78. The van der Waals surface area contributed by atoms with E-state index in [1.807, 2.05) is 0 Å². The molecule has 3 rings (SSSR count). The molecule has 0 aliphatic carbocycles. The number of pyridine rings is 1. The Bertz CT molecular complexity index is 1250. The van der Waals surface area contributed by atoms with Crippen molar-refractivity contribution >= 4 is 5.78 Å². The van der Waals surface area contributed by atoms with Crippen LogP contribution in [-0.4, -0.2) is 43.4 Å². The second-order valence-corrected chi connectivity index (χ2v) is 8.17. The quantitative estimate of drug-likeness (QED) is 0.259. The van der Waals surface area contributed by atoms with Crippen LogP contribution >= 0.6 is 0 Å². The van der Waals surface area contributed by atoms with Gasteiger partial charge in [-0.05, 0) is 67.4 Å². The molecule has 2 aromatic carbocycles. The van der Waals surface area contributed by atoms with E-state index in [-0.39, 0.29) is 36.7 Å². The van der Waals surface area contributed by atoms with Gasteiger partial charge in [0.05, 0.1) is 19.9 Å². The number of carbonyl (C=O) groups excluding carboxylic acids is 1. The molecule has 1 aromatic heterocycles. The second-order valence-electron chi connectivity index (χ2n) is 8.17. The summed E-state index contributed by atoms with van der Waals surface area (Å²) in [6.45, 7) is 4.63. The molecule has 1 atom stereocenters. The standard InChI is InChI=1S/C28H29F2NO5/c1-5-28(33,13-12-22(32)19-7-9-23(36-15-14-29)25(17-19)35-4)26-11-10-24(34-3)27(31-26)20-6-8-21(30)18(2)16-20/h5-11,16-17,33H,1,12-15H2,2-4H3. The van der Waals surface area contributed by atoms with Gasteiger partial charge >= 0.3 is 0 Å². The normalized spacial score (nSPS) is 12.5. The highest BCUT2D eigenvalue weighted by molar-refractivity contribution is 5.96. The van der Waals surface area contributed by atoms with Crippen molar-refractivity contribution in [3.8, 4) is 28.5 Å². The number of aromatic nitrogens is 1. The minimum absolute atomic E-state index is 0.0129. The molecule has 3 aromatic rings. The molecule has 6 nitrogen and oxygen atoms in total. The highest BCUT2D eigenvalue weighted by Gasteiger charge is 2.29. The highest BCUT2D eigenvalue weighted by atomic mass is 19.1. The Balaban J connectivity index is 1.85. The van der Waals surface area contributed by atoms with Gasteiger partial charge in [0.2, 0.25) is 0 Å². The third-order valence-corrected chi connectivity index (χ3v) is 5.84. The fraction of sp³-hybridized carbons (Fsp3) is 0.286. The number of benzene rings is 2. The van der Waals surface area contributed by atoms with Crippen molar-refractivity contribution in [3.63, 3.8) is 0 Å². The lowest BCUT2D eigenvalue weighted by Crippen LogP contribution is -2.25. The van der Waals surface area contributed by atoms with E-state index in [0.29, 0.717) is 39.6 Å². The molecule has 0 bridgehead atoms. The molecule has 0 aliphatic heterocycles. The summed E-state index contributed by atoms with van der Waals surface area (Å²) in [4.78, 5) is 17.5. The molecule has 0 saturated heterocycles.